The number of aromatic nitrogens is 2. The van der Waals surface area contributed by atoms with Crippen LogP contribution in [-0.4, -0.2) is 22.2 Å². The first-order valence-electron chi connectivity index (χ1n) is 5.13. The molecule has 0 aliphatic heterocycles. The Bertz CT molecular complexity index is 570. The summed E-state index contributed by atoms with van der Waals surface area (Å²) in [5.74, 6) is 0.703. The number of hydrogen-bond acceptors (Lipinski definition) is 5. The Morgan fingerprint density at radius 1 is 1.61 bits per heavy atom. The van der Waals surface area contributed by atoms with Gasteiger partial charge < -0.3 is 10.6 Å². The average Bonchev–Trinajstić information content (AvgIpc) is 2.74. The van der Waals surface area contributed by atoms with Crippen LogP contribution >= 0.6 is 39.5 Å². The van der Waals surface area contributed by atoms with Gasteiger partial charge in [-0.25, -0.2) is 0 Å². The van der Waals surface area contributed by atoms with Crippen molar-refractivity contribution in [3.8, 4) is 0 Å². The summed E-state index contributed by atoms with van der Waals surface area (Å²) in [6, 6.07) is 3.86. The molecule has 0 aliphatic rings. The lowest BCUT2D eigenvalue weighted by molar-refractivity contribution is 0.874. The van der Waals surface area contributed by atoms with Gasteiger partial charge in [0.15, 0.2) is 5.82 Å². The van der Waals surface area contributed by atoms with Gasteiger partial charge in [-0.3, -0.25) is 0 Å². The minimum absolute atomic E-state index is 0.333. The summed E-state index contributed by atoms with van der Waals surface area (Å²) in [6.45, 7) is 0.741. The normalized spacial score (nSPS) is 10.3. The Morgan fingerprint density at radius 2 is 2.39 bits per heavy atom. The highest BCUT2D eigenvalue weighted by Gasteiger charge is 2.12. The van der Waals surface area contributed by atoms with Crippen molar-refractivity contribution in [1.29, 1.82) is 0 Å². The largest absolute Gasteiger partial charge is 0.389 e. The minimum Gasteiger partial charge on any atom is -0.389 e. The molecule has 0 amide bonds. The maximum atomic E-state index is 5.68. The highest BCUT2D eigenvalue weighted by Crippen LogP contribution is 2.23. The highest BCUT2D eigenvalue weighted by molar-refractivity contribution is 9.10. The number of thiocarbonyl (C=S) groups is 1. The minimum atomic E-state index is 0.333. The van der Waals surface area contributed by atoms with Gasteiger partial charge in [0.1, 0.15) is 4.99 Å². The number of anilines is 1. The van der Waals surface area contributed by atoms with E-state index in [1.165, 1.54) is 4.88 Å². The molecule has 2 N–H and O–H groups in total. The van der Waals surface area contributed by atoms with Gasteiger partial charge in [0.05, 0.1) is 18.3 Å². The van der Waals surface area contributed by atoms with Crippen LogP contribution in [0.1, 0.15) is 10.4 Å². The number of hydrogen-bond donors (Lipinski definition) is 1. The van der Waals surface area contributed by atoms with Crippen LogP contribution < -0.4 is 10.6 Å². The zero-order valence-corrected chi connectivity index (χ0v) is 12.8. The third kappa shape index (κ3) is 3.04. The van der Waals surface area contributed by atoms with E-state index in [2.05, 4.69) is 32.2 Å². The van der Waals surface area contributed by atoms with Crippen LogP contribution in [0, 0.1) is 0 Å². The molecule has 0 saturated heterocycles. The Labute approximate surface area is 123 Å². The van der Waals surface area contributed by atoms with Gasteiger partial charge in [-0.05, 0) is 28.1 Å². The van der Waals surface area contributed by atoms with E-state index < -0.39 is 0 Å². The van der Waals surface area contributed by atoms with Crippen LogP contribution in [0.5, 0.6) is 0 Å². The monoisotopic (exact) mass is 342 g/mol. The Kier molecular flexibility index (Phi) is 4.26. The molecule has 0 fully saturated rings. The van der Waals surface area contributed by atoms with E-state index in [-0.39, 0.29) is 0 Å². The predicted octanol–water partition coefficient (Wildman–Crippen LogP) is 2.57. The third-order valence-corrected chi connectivity index (χ3v) is 4.25. The van der Waals surface area contributed by atoms with E-state index in [1.807, 2.05) is 17.3 Å². The van der Waals surface area contributed by atoms with Crippen molar-refractivity contribution in [2.75, 3.05) is 11.9 Å². The van der Waals surface area contributed by atoms with E-state index >= 15 is 0 Å². The molecule has 4 nitrogen and oxygen atoms in total. The fraction of sp³-hybridized carbons (Fsp3) is 0.182. The van der Waals surface area contributed by atoms with Gasteiger partial charge in [-0.15, -0.1) is 16.4 Å². The van der Waals surface area contributed by atoms with Gasteiger partial charge in [-0.2, -0.15) is 5.10 Å². The van der Waals surface area contributed by atoms with E-state index in [1.54, 1.807) is 23.6 Å². The summed E-state index contributed by atoms with van der Waals surface area (Å²) >= 11 is 10.1. The molecule has 2 aromatic heterocycles. The second kappa shape index (κ2) is 5.73. The molecule has 94 valence electrons. The average molecular weight is 343 g/mol. The van der Waals surface area contributed by atoms with Gasteiger partial charge in [0.2, 0.25) is 0 Å². The molecule has 0 bridgehead atoms. The molecule has 7 heteroatoms. The van der Waals surface area contributed by atoms with Crippen molar-refractivity contribution in [3.63, 3.8) is 0 Å². The second-order valence-corrected chi connectivity index (χ2v) is 6.07. The summed E-state index contributed by atoms with van der Waals surface area (Å²) in [6.07, 6.45) is 1.59. The van der Waals surface area contributed by atoms with E-state index in [4.69, 9.17) is 18.0 Å². The molecular weight excluding hydrogens is 332 g/mol. The number of rotatable bonds is 4. The number of nitrogens with zero attached hydrogens (tertiary/aromatic N) is 3. The molecule has 0 spiro atoms. The van der Waals surface area contributed by atoms with Crippen molar-refractivity contribution in [3.05, 3.63) is 38.6 Å². The topological polar surface area (TPSA) is 55.0 Å². The van der Waals surface area contributed by atoms with Crippen LogP contribution in [0.4, 0.5) is 5.82 Å². The smallest absolute Gasteiger partial charge is 0.161 e. The van der Waals surface area contributed by atoms with Crippen molar-refractivity contribution in [1.82, 2.24) is 10.2 Å². The number of thiophene rings is 1. The lowest BCUT2D eigenvalue weighted by Gasteiger charge is -2.19. The Balaban J connectivity index is 2.23. The lowest BCUT2D eigenvalue weighted by atomic mass is 10.2. The molecular formula is C11H11BrN4S2. The molecule has 2 aromatic rings. The summed E-state index contributed by atoms with van der Waals surface area (Å²) in [7, 11) is 1.94. The molecule has 0 aromatic carbocycles. The summed E-state index contributed by atoms with van der Waals surface area (Å²) in [5.41, 5.74) is 6.43. The molecule has 2 rings (SSSR count). The summed E-state index contributed by atoms with van der Waals surface area (Å²) in [5, 5.41) is 10.0. The van der Waals surface area contributed by atoms with Crippen molar-refractivity contribution in [2.45, 2.75) is 6.54 Å². The Hall–Kier alpha value is -1.05. The molecule has 0 unspecified atom stereocenters. The highest BCUT2D eigenvalue weighted by atomic mass is 79.9. The molecule has 18 heavy (non-hydrogen) atoms. The second-order valence-electron chi connectivity index (χ2n) is 3.72. The van der Waals surface area contributed by atoms with Crippen LogP contribution in [0.15, 0.2) is 28.2 Å². The third-order valence-electron chi connectivity index (χ3n) is 2.34. The van der Waals surface area contributed by atoms with E-state index in [0.717, 1.165) is 16.6 Å². The first kappa shape index (κ1) is 13.4. The van der Waals surface area contributed by atoms with Gasteiger partial charge in [-0.1, -0.05) is 12.2 Å². The predicted molar refractivity (Wildman–Crippen MR) is 82.0 cm³/mol. The standard InChI is InChI=1S/C11H11BrN4S2/c1-16(5-8-4-7(12)6-18-8)11-9(10(13)17)2-3-14-15-11/h2-4,6H,5H2,1H3,(H2,13,17). The van der Waals surface area contributed by atoms with Crippen LogP contribution in [0.3, 0.4) is 0 Å². The van der Waals surface area contributed by atoms with Crippen molar-refractivity contribution >= 4 is 50.3 Å². The zero-order valence-electron chi connectivity index (χ0n) is 9.63. The molecule has 0 radical (unpaired) electrons. The summed E-state index contributed by atoms with van der Waals surface area (Å²) in [4.78, 5) is 3.54. The zero-order chi connectivity index (χ0) is 13.1. The number of halogens is 1. The van der Waals surface area contributed by atoms with Crippen LogP contribution in [-0.2, 0) is 6.54 Å². The van der Waals surface area contributed by atoms with Gasteiger partial charge in [0, 0.05) is 21.8 Å². The first-order chi connectivity index (χ1) is 8.58. The van der Waals surface area contributed by atoms with E-state index in [9.17, 15) is 0 Å². The van der Waals surface area contributed by atoms with Crippen molar-refractivity contribution < 1.29 is 0 Å². The summed E-state index contributed by atoms with van der Waals surface area (Å²) < 4.78 is 1.09. The molecule has 0 saturated carbocycles. The fourth-order valence-corrected chi connectivity index (χ4v) is 3.21. The maximum Gasteiger partial charge on any atom is 0.161 e. The molecule has 2 heterocycles. The Morgan fingerprint density at radius 3 is 3.00 bits per heavy atom. The number of nitrogens with two attached hydrogens (primary N) is 1. The van der Waals surface area contributed by atoms with Gasteiger partial charge in [0.25, 0.3) is 0 Å². The van der Waals surface area contributed by atoms with Gasteiger partial charge >= 0.3 is 0 Å². The van der Waals surface area contributed by atoms with Crippen LogP contribution in [0.25, 0.3) is 0 Å². The molecule has 0 aliphatic carbocycles. The SMILES string of the molecule is CN(Cc1cc(Br)cs1)c1nnccc1C(N)=S. The first-order valence-corrected chi connectivity index (χ1v) is 7.21. The fourth-order valence-electron chi connectivity index (χ4n) is 1.54. The maximum absolute atomic E-state index is 5.68. The molecule has 0 atom stereocenters. The van der Waals surface area contributed by atoms with E-state index in [0.29, 0.717) is 10.8 Å². The van der Waals surface area contributed by atoms with Crippen molar-refractivity contribution in [2.24, 2.45) is 5.73 Å². The quantitative estimate of drug-likeness (QED) is 0.865. The van der Waals surface area contributed by atoms with Crippen LogP contribution in [0.2, 0.25) is 0 Å². The lowest BCUT2D eigenvalue weighted by Crippen LogP contribution is -2.22.